The van der Waals surface area contributed by atoms with Crippen LogP contribution in [0.3, 0.4) is 0 Å². The third kappa shape index (κ3) is 2.02. The lowest BCUT2D eigenvalue weighted by molar-refractivity contribution is 0.972. The average Bonchev–Trinajstić information content (AvgIpc) is 2.03. The van der Waals surface area contributed by atoms with Gasteiger partial charge in [0.15, 0.2) is 0 Å². The quantitative estimate of drug-likeness (QED) is 0.626. The van der Waals surface area contributed by atoms with Gasteiger partial charge in [0.1, 0.15) is 0 Å². The Balaban J connectivity index is 3.09. The number of halogens is 2. The molecule has 1 aromatic rings. The summed E-state index contributed by atoms with van der Waals surface area (Å²) in [5.41, 5.74) is 1.07. The molecule has 64 valence electrons. The fourth-order valence-electron chi connectivity index (χ4n) is 0.998. The van der Waals surface area contributed by atoms with Gasteiger partial charge in [0, 0.05) is 16.0 Å². The number of benzene rings is 1. The van der Waals surface area contributed by atoms with Crippen molar-refractivity contribution in [2.24, 2.45) is 0 Å². The highest BCUT2D eigenvalue weighted by Crippen LogP contribution is 2.27. The van der Waals surface area contributed by atoms with Crippen molar-refractivity contribution in [1.29, 1.82) is 0 Å². The Bertz CT molecular complexity index is 292. The van der Waals surface area contributed by atoms with Crippen LogP contribution in [0.25, 0.3) is 0 Å². The van der Waals surface area contributed by atoms with Gasteiger partial charge in [-0.15, -0.1) is 6.58 Å². The first-order valence-corrected chi connectivity index (χ1v) is 4.48. The zero-order valence-corrected chi connectivity index (χ0v) is 8.36. The van der Waals surface area contributed by atoms with Crippen LogP contribution in [0, 0.1) is 0 Å². The smallest absolute Gasteiger partial charge is 0.0458 e. The summed E-state index contributed by atoms with van der Waals surface area (Å²) >= 11 is 11.7. The zero-order valence-electron chi connectivity index (χ0n) is 6.85. The molecule has 0 saturated carbocycles. The summed E-state index contributed by atoms with van der Waals surface area (Å²) in [6.45, 7) is 5.75. The zero-order chi connectivity index (χ0) is 9.14. The van der Waals surface area contributed by atoms with Crippen molar-refractivity contribution < 1.29 is 0 Å². The Hall–Kier alpha value is -0.460. The largest absolute Gasteiger partial charge is 0.102 e. The normalized spacial score (nSPS) is 12.6. The molecule has 0 N–H and O–H groups in total. The van der Waals surface area contributed by atoms with Gasteiger partial charge in [0.05, 0.1) is 0 Å². The van der Waals surface area contributed by atoms with Crippen LogP contribution in [0.5, 0.6) is 0 Å². The Morgan fingerprint density at radius 3 is 2.58 bits per heavy atom. The molecule has 1 rings (SSSR count). The Morgan fingerprint density at radius 2 is 2.08 bits per heavy atom. The van der Waals surface area contributed by atoms with Gasteiger partial charge in [-0.1, -0.05) is 42.3 Å². The molecule has 0 fully saturated rings. The van der Waals surface area contributed by atoms with E-state index >= 15 is 0 Å². The molecule has 0 saturated heterocycles. The first kappa shape index (κ1) is 9.63. The summed E-state index contributed by atoms with van der Waals surface area (Å²) < 4.78 is 0. The SMILES string of the molecule is C=CC(C)c1ccc(Cl)cc1Cl. The third-order valence-electron chi connectivity index (χ3n) is 1.81. The number of hydrogen-bond acceptors (Lipinski definition) is 0. The maximum atomic E-state index is 5.97. The average molecular weight is 201 g/mol. The number of hydrogen-bond donors (Lipinski definition) is 0. The molecule has 0 aliphatic carbocycles. The Kier molecular flexibility index (Phi) is 3.19. The van der Waals surface area contributed by atoms with Crippen LogP contribution >= 0.6 is 23.2 Å². The van der Waals surface area contributed by atoms with Gasteiger partial charge in [-0.3, -0.25) is 0 Å². The Labute approximate surface area is 82.8 Å². The minimum absolute atomic E-state index is 0.273. The predicted molar refractivity (Wildman–Crippen MR) is 55.1 cm³/mol. The van der Waals surface area contributed by atoms with E-state index in [-0.39, 0.29) is 5.92 Å². The van der Waals surface area contributed by atoms with Crippen molar-refractivity contribution in [1.82, 2.24) is 0 Å². The molecule has 0 bridgehead atoms. The Morgan fingerprint density at radius 1 is 1.42 bits per heavy atom. The fraction of sp³-hybridized carbons (Fsp3) is 0.200. The maximum Gasteiger partial charge on any atom is 0.0458 e. The molecule has 12 heavy (non-hydrogen) atoms. The first-order chi connectivity index (χ1) is 5.65. The molecular weight excluding hydrogens is 191 g/mol. The van der Waals surface area contributed by atoms with E-state index in [1.165, 1.54) is 0 Å². The molecular formula is C10H10Cl2. The number of rotatable bonds is 2. The van der Waals surface area contributed by atoms with Crippen LogP contribution in [0.15, 0.2) is 30.9 Å². The lowest BCUT2D eigenvalue weighted by Crippen LogP contribution is -1.89. The molecule has 0 aromatic heterocycles. The summed E-state index contributed by atoms with van der Waals surface area (Å²) in [5.74, 6) is 0.273. The summed E-state index contributed by atoms with van der Waals surface area (Å²) in [6.07, 6.45) is 1.86. The van der Waals surface area contributed by atoms with Crippen molar-refractivity contribution >= 4 is 23.2 Å². The van der Waals surface area contributed by atoms with E-state index in [2.05, 4.69) is 6.58 Å². The van der Waals surface area contributed by atoms with Crippen molar-refractivity contribution in [2.45, 2.75) is 12.8 Å². The van der Waals surface area contributed by atoms with Crippen LogP contribution in [0.1, 0.15) is 18.4 Å². The molecule has 0 radical (unpaired) electrons. The molecule has 1 unspecified atom stereocenters. The topological polar surface area (TPSA) is 0 Å². The van der Waals surface area contributed by atoms with Crippen LogP contribution in [-0.2, 0) is 0 Å². The van der Waals surface area contributed by atoms with Gasteiger partial charge in [-0.25, -0.2) is 0 Å². The summed E-state index contributed by atoms with van der Waals surface area (Å²) in [6, 6.07) is 5.51. The summed E-state index contributed by atoms with van der Waals surface area (Å²) in [7, 11) is 0. The molecule has 0 amide bonds. The van der Waals surface area contributed by atoms with Gasteiger partial charge in [0.25, 0.3) is 0 Å². The molecule has 0 heterocycles. The van der Waals surface area contributed by atoms with Crippen molar-refractivity contribution in [3.8, 4) is 0 Å². The first-order valence-electron chi connectivity index (χ1n) is 3.72. The van der Waals surface area contributed by atoms with E-state index in [4.69, 9.17) is 23.2 Å². The van der Waals surface area contributed by atoms with Crippen molar-refractivity contribution in [3.05, 3.63) is 46.5 Å². The monoisotopic (exact) mass is 200 g/mol. The van der Waals surface area contributed by atoms with Crippen LogP contribution < -0.4 is 0 Å². The minimum Gasteiger partial charge on any atom is -0.102 e. The standard InChI is InChI=1S/C10H10Cl2/c1-3-7(2)9-5-4-8(11)6-10(9)12/h3-7H,1H2,2H3. The number of allylic oxidation sites excluding steroid dienone is 1. The van der Waals surface area contributed by atoms with E-state index in [9.17, 15) is 0 Å². The van der Waals surface area contributed by atoms with Gasteiger partial charge < -0.3 is 0 Å². The highest BCUT2D eigenvalue weighted by atomic mass is 35.5. The second-order valence-electron chi connectivity index (χ2n) is 2.69. The molecule has 2 heteroatoms. The van der Waals surface area contributed by atoms with Crippen LogP contribution in [-0.4, -0.2) is 0 Å². The van der Waals surface area contributed by atoms with E-state index < -0.39 is 0 Å². The van der Waals surface area contributed by atoms with Crippen molar-refractivity contribution in [3.63, 3.8) is 0 Å². The lowest BCUT2D eigenvalue weighted by Gasteiger charge is -2.08. The fourth-order valence-corrected chi connectivity index (χ4v) is 1.58. The second-order valence-corrected chi connectivity index (χ2v) is 3.53. The highest BCUT2D eigenvalue weighted by Gasteiger charge is 2.05. The molecule has 0 aliphatic heterocycles. The molecule has 0 spiro atoms. The lowest BCUT2D eigenvalue weighted by atomic mass is 10.0. The maximum absolute atomic E-state index is 5.97. The van der Waals surface area contributed by atoms with Crippen molar-refractivity contribution in [2.75, 3.05) is 0 Å². The predicted octanol–water partition coefficient (Wildman–Crippen LogP) is 4.28. The second kappa shape index (κ2) is 3.97. The van der Waals surface area contributed by atoms with Gasteiger partial charge in [0.2, 0.25) is 0 Å². The molecule has 0 nitrogen and oxygen atoms in total. The van der Waals surface area contributed by atoms with Gasteiger partial charge in [-0.2, -0.15) is 0 Å². The molecule has 0 aliphatic rings. The summed E-state index contributed by atoms with van der Waals surface area (Å²) in [4.78, 5) is 0. The van der Waals surface area contributed by atoms with E-state index in [1.54, 1.807) is 6.07 Å². The van der Waals surface area contributed by atoms with Gasteiger partial charge >= 0.3 is 0 Å². The highest BCUT2D eigenvalue weighted by molar-refractivity contribution is 6.35. The summed E-state index contributed by atoms with van der Waals surface area (Å²) in [5, 5.41) is 1.37. The molecule has 1 aromatic carbocycles. The van der Waals surface area contributed by atoms with Gasteiger partial charge in [-0.05, 0) is 17.7 Å². The third-order valence-corrected chi connectivity index (χ3v) is 2.37. The minimum atomic E-state index is 0.273. The van der Waals surface area contributed by atoms with E-state index in [0.29, 0.717) is 10.0 Å². The van der Waals surface area contributed by atoms with E-state index in [1.807, 2.05) is 25.1 Å². The molecule has 1 atom stereocenters. The van der Waals surface area contributed by atoms with E-state index in [0.717, 1.165) is 5.56 Å². The van der Waals surface area contributed by atoms with Crippen LogP contribution in [0.4, 0.5) is 0 Å². The van der Waals surface area contributed by atoms with Crippen LogP contribution in [0.2, 0.25) is 10.0 Å².